The van der Waals surface area contributed by atoms with Crippen molar-refractivity contribution in [2.45, 2.75) is 6.54 Å². The van der Waals surface area contributed by atoms with Crippen LogP contribution in [0.5, 0.6) is 0 Å². The fourth-order valence-corrected chi connectivity index (χ4v) is 3.36. The first-order valence-corrected chi connectivity index (χ1v) is 8.36. The Morgan fingerprint density at radius 1 is 0.960 bits per heavy atom. The second-order valence-corrected chi connectivity index (χ2v) is 6.33. The summed E-state index contributed by atoms with van der Waals surface area (Å²) in [5.74, 6) is 0. The largest absolute Gasteiger partial charge is 0.326 e. The van der Waals surface area contributed by atoms with Crippen LogP contribution in [0.3, 0.4) is 0 Å². The van der Waals surface area contributed by atoms with Crippen LogP contribution in [0.2, 0.25) is 0 Å². The van der Waals surface area contributed by atoms with Crippen molar-refractivity contribution in [1.82, 2.24) is 20.0 Å². The van der Waals surface area contributed by atoms with Crippen LogP contribution in [0.1, 0.15) is 16.7 Å². The molecule has 0 saturated heterocycles. The second-order valence-electron chi connectivity index (χ2n) is 6.33. The first kappa shape index (κ1) is 15.7. The van der Waals surface area contributed by atoms with Crippen LogP contribution in [0, 0.1) is 0 Å². The molecular weight excluding hydrogens is 310 g/mol. The summed E-state index contributed by atoms with van der Waals surface area (Å²) < 4.78 is 0. The Bertz CT molecular complexity index is 963. The summed E-state index contributed by atoms with van der Waals surface area (Å²) >= 11 is 0. The first-order valence-electron chi connectivity index (χ1n) is 8.36. The fraction of sp³-hybridized carbons (Fsp3) is 0.200. The zero-order valence-corrected chi connectivity index (χ0v) is 14.5. The standard InChI is InChI=1S/C20H21N5/c1-24-13-17(15-5-3-4-14(10-15)12-21)20(25(24)2)16-6-7-18-19(11-16)23-9-8-22-18/h3-11H,12-13,21H2,1-2H3. The Kier molecular flexibility index (Phi) is 3.95. The summed E-state index contributed by atoms with van der Waals surface area (Å²) in [6, 6.07) is 14.7. The molecular formula is C20H21N5. The van der Waals surface area contributed by atoms with Gasteiger partial charge in [0.25, 0.3) is 0 Å². The third-order valence-corrected chi connectivity index (χ3v) is 4.76. The molecule has 0 fully saturated rings. The number of hydrazine groups is 1. The van der Waals surface area contributed by atoms with Gasteiger partial charge in [0.1, 0.15) is 0 Å². The van der Waals surface area contributed by atoms with Crippen LogP contribution < -0.4 is 5.73 Å². The lowest BCUT2D eigenvalue weighted by Crippen LogP contribution is -2.29. The Morgan fingerprint density at radius 3 is 2.56 bits per heavy atom. The van der Waals surface area contributed by atoms with Crippen molar-refractivity contribution < 1.29 is 0 Å². The van der Waals surface area contributed by atoms with Crippen molar-refractivity contribution >= 4 is 22.3 Å². The molecule has 2 N–H and O–H groups in total. The molecule has 0 saturated carbocycles. The highest BCUT2D eigenvalue weighted by Crippen LogP contribution is 2.36. The number of nitrogens with zero attached hydrogens (tertiary/aromatic N) is 4. The first-order chi connectivity index (χ1) is 12.2. The summed E-state index contributed by atoms with van der Waals surface area (Å²) in [6.45, 7) is 1.41. The number of aromatic nitrogens is 2. The van der Waals surface area contributed by atoms with Crippen molar-refractivity contribution in [2.75, 3.05) is 20.6 Å². The van der Waals surface area contributed by atoms with Gasteiger partial charge in [0, 0.05) is 50.7 Å². The molecule has 2 aromatic carbocycles. The van der Waals surface area contributed by atoms with Crippen molar-refractivity contribution in [3.63, 3.8) is 0 Å². The smallest absolute Gasteiger partial charge is 0.0893 e. The lowest BCUT2D eigenvalue weighted by atomic mass is 9.98. The van der Waals surface area contributed by atoms with E-state index in [9.17, 15) is 0 Å². The topological polar surface area (TPSA) is 58.3 Å². The van der Waals surface area contributed by atoms with Gasteiger partial charge in [-0.1, -0.05) is 30.3 Å². The lowest BCUT2D eigenvalue weighted by Gasteiger charge is -2.24. The van der Waals surface area contributed by atoms with Crippen molar-refractivity contribution in [2.24, 2.45) is 5.73 Å². The van der Waals surface area contributed by atoms with E-state index in [1.807, 2.05) is 6.07 Å². The van der Waals surface area contributed by atoms with Crippen LogP contribution in [-0.2, 0) is 6.54 Å². The molecule has 1 aliphatic rings. The highest BCUT2D eigenvalue weighted by atomic mass is 15.6. The molecule has 0 atom stereocenters. The summed E-state index contributed by atoms with van der Waals surface area (Å²) in [6.07, 6.45) is 3.46. The molecule has 1 aliphatic heterocycles. The summed E-state index contributed by atoms with van der Waals surface area (Å²) in [5, 5.41) is 4.41. The maximum atomic E-state index is 5.83. The molecule has 0 bridgehead atoms. The normalized spacial score (nSPS) is 15.4. The van der Waals surface area contributed by atoms with E-state index in [4.69, 9.17) is 5.73 Å². The van der Waals surface area contributed by atoms with E-state index < -0.39 is 0 Å². The van der Waals surface area contributed by atoms with E-state index in [2.05, 4.69) is 70.5 Å². The van der Waals surface area contributed by atoms with Gasteiger partial charge in [0.15, 0.2) is 0 Å². The molecule has 2 heterocycles. The van der Waals surface area contributed by atoms with Crippen LogP contribution in [0.4, 0.5) is 0 Å². The molecule has 5 nitrogen and oxygen atoms in total. The maximum absolute atomic E-state index is 5.83. The van der Waals surface area contributed by atoms with Gasteiger partial charge in [0.05, 0.1) is 16.7 Å². The Morgan fingerprint density at radius 2 is 1.76 bits per heavy atom. The quantitative estimate of drug-likeness (QED) is 0.800. The lowest BCUT2D eigenvalue weighted by molar-refractivity contribution is 0.129. The van der Waals surface area contributed by atoms with Gasteiger partial charge in [-0.25, -0.2) is 5.01 Å². The average Bonchev–Trinajstić information content (AvgIpc) is 2.96. The SMILES string of the molecule is CN1CC(c2cccc(CN)c2)=C(c2ccc3nccnc3c2)N1C. The van der Waals surface area contributed by atoms with Crippen LogP contribution in [-0.4, -0.2) is 40.6 Å². The molecule has 0 spiro atoms. The van der Waals surface area contributed by atoms with Crippen LogP contribution in [0.15, 0.2) is 54.9 Å². The molecule has 0 radical (unpaired) electrons. The number of rotatable bonds is 3. The molecule has 4 rings (SSSR count). The molecule has 3 aromatic rings. The number of hydrogen-bond donors (Lipinski definition) is 1. The zero-order chi connectivity index (χ0) is 17.4. The van der Waals surface area contributed by atoms with E-state index >= 15 is 0 Å². The molecule has 0 amide bonds. The van der Waals surface area contributed by atoms with E-state index in [1.54, 1.807) is 12.4 Å². The van der Waals surface area contributed by atoms with Gasteiger partial charge >= 0.3 is 0 Å². The second kappa shape index (κ2) is 6.27. The average molecular weight is 331 g/mol. The third-order valence-electron chi connectivity index (χ3n) is 4.76. The summed E-state index contributed by atoms with van der Waals surface area (Å²) in [5.41, 5.74) is 13.6. The minimum atomic E-state index is 0.549. The summed E-state index contributed by atoms with van der Waals surface area (Å²) in [4.78, 5) is 8.82. The highest BCUT2D eigenvalue weighted by Gasteiger charge is 2.26. The van der Waals surface area contributed by atoms with Crippen molar-refractivity contribution in [3.8, 4) is 0 Å². The number of nitrogens with two attached hydrogens (primary N) is 1. The van der Waals surface area contributed by atoms with Crippen molar-refractivity contribution in [1.29, 1.82) is 0 Å². The minimum absolute atomic E-state index is 0.549. The molecule has 0 unspecified atom stereocenters. The van der Waals surface area contributed by atoms with E-state index in [1.165, 1.54) is 16.8 Å². The number of hydrogen-bond acceptors (Lipinski definition) is 5. The molecule has 25 heavy (non-hydrogen) atoms. The predicted molar refractivity (Wildman–Crippen MR) is 101 cm³/mol. The van der Waals surface area contributed by atoms with Gasteiger partial charge in [-0.15, -0.1) is 0 Å². The minimum Gasteiger partial charge on any atom is -0.326 e. The monoisotopic (exact) mass is 331 g/mol. The van der Waals surface area contributed by atoms with Crippen LogP contribution >= 0.6 is 0 Å². The van der Waals surface area contributed by atoms with Gasteiger partial charge in [-0.2, -0.15) is 0 Å². The predicted octanol–water partition coefficient (Wildman–Crippen LogP) is 2.75. The van der Waals surface area contributed by atoms with E-state index in [0.29, 0.717) is 6.54 Å². The molecule has 126 valence electrons. The van der Waals surface area contributed by atoms with Gasteiger partial charge < -0.3 is 10.7 Å². The third kappa shape index (κ3) is 2.77. The highest BCUT2D eigenvalue weighted by molar-refractivity contribution is 5.94. The maximum Gasteiger partial charge on any atom is 0.0893 e. The van der Waals surface area contributed by atoms with Crippen LogP contribution in [0.25, 0.3) is 22.3 Å². The van der Waals surface area contributed by atoms with E-state index in [0.717, 1.165) is 28.7 Å². The number of likely N-dealkylation sites (N-methyl/N-ethyl adjacent to an activating group) is 1. The van der Waals surface area contributed by atoms with E-state index in [-0.39, 0.29) is 0 Å². The Balaban J connectivity index is 1.89. The Hall–Kier alpha value is -2.76. The number of benzene rings is 2. The van der Waals surface area contributed by atoms with Gasteiger partial charge in [-0.3, -0.25) is 9.97 Å². The summed E-state index contributed by atoms with van der Waals surface area (Å²) in [7, 11) is 4.19. The zero-order valence-electron chi connectivity index (χ0n) is 14.5. The van der Waals surface area contributed by atoms with Gasteiger partial charge in [0.2, 0.25) is 0 Å². The molecule has 1 aromatic heterocycles. The molecule has 5 heteroatoms. The van der Waals surface area contributed by atoms with Gasteiger partial charge in [-0.05, 0) is 23.3 Å². The van der Waals surface area contributed by atoms with Crippen molar-refractivity contribution in [3.05, 3.63) is 71.5 Å². The molecule has 0 aliphatic carbocycles. The number of fused-ring (bicyclic) bond motifs is 1. The Labute approximate surface area is 147 Å². The fourth-order valence-electron chi connectivity index (χ4n) is 3.36.